The van der Waals surface area contributed by atoms with E-state index in [1.165, 1.54) is 0 Å². The van der Waals surface area contributed by atoms with Crippen molar-refractivity contribution in [3.8, 4) is 0 Å². The van der Waals surface area contributed by atoms with Gasteiger partial charge < -0.3 is 10.4 Å². The second kappa shape index (κ2) is 6.07. The van der Waals surface area contributed by atoms with Gasteiger partial charge in [-0.2, -0.15) is 5.10 Å². The summed E-state index contributed by atoms with van der Waals surface area (Å²) in [6, 6.07) is 0. The molecule has 2 rings (SSSR count). The molecule has 1 aliphatic rings. The first-order valence-electron chi connectivity index (χ1n) is 7.07. The van der Waals surface area contributed by atoms with Crippen molar-refractivity contribution in [2.75, 3.05) is 5.32 Å². The average Bonchev–Trinajstić information content (AvgIpc) is 2.66. The molecular weight excluding hydrogens is 258 g/mol. The molecule has 1 aliphatic carbocycles. The molecule has 1 aromatic heterocycles. The van der Waals surface area contributed by atoms with E-state index in [1.807, 2.05) is 6.92 Å². The fourth-order valence-corrected chi connectivity index (χ4v) is 2.84. The van der Waals surface area contributed by atoms with E-state index in [2.05, 4.69) is 15.5 Å². The minimum absolute atomic E-state index is 0.0286. The Morgan fingerprint density at radius 2 is 2.00 bits per heavy atom. The number of nitrogens with zero attached hydrogens (tertiary/aromatic N) is 1. The summed E-state index contributed by atoms with van der Waals surface area (Å²) in [7, 11) is 0. The van der Waals surface area contributed by atoms with Crippen LogP contribution in [0.3, 0.4) is 0 Å². The number of H-pyrrole nitrogens is 1. The molecule has 1 amide bonds. The normalized spacial score (nSPS) is 18.2. The first kappa shape index (κ1) is 14.6. The Labute approximate surface area is 118 Å². The maximum atomic E-state index is 12.1. The van der Waals surface area contributed by atoms with Gasteiger partial charge in [0.25, 0.3) is 0 Å². The molecule has 1 saturated carbocycles. The van der Waals surface area contributed by atoms with Crippen LogP contribution in [0.5, 0.6) is 0 Å². The SMILES string of the molecule is Cc1cn[nH]c1NC(=O)CC1(C(=O)O)CCCCCC1. The maximum Gasteiger partial charge on any atom is 0.310 e. The van der Waals surface area contributed by atoms with Crippen LogP contribution in [0.4, 0.5) is 5.82 Å². The van der Waals surface area contributed by atoms with E-state index >= 15 is 0 Å². The molecule has 6 nitrogen and oxygen atoms in total. The number of nitrogens with one attached hydrogen (secondary N) is 2. The van der Waals surface area contributed by atoms with E-state index in [0.29, 0.717) is 18.7 Å². The number of hydrogen-bond acceptors (Lipinski definition) is 3. The summed E-state index contributed by atoms with van der Waals surface area (Å²) < 4.78 is 0. The number of carbonyl (C=O) groups is 2. The highest BCUT2D eigenvalue weighted by molar-refractivity contribution is 5.94. The number of carboxylic acid groups (broad SMARTS) is 1. The zero-order valence-corrected chi connectivity index (χ0v) is 11.7. The standard InChI is InChI=1S/C14H21N3O3/c1-10-9-15-17-12(10)16-11(18)8-14(13(19)20)6-4-2-3-5-7-14/h9H,2-8H2,1H3,(H,19,20)(H2,15,16,17,18). The maximum absolute atomic E-state index is 12.1. The monoisotopic (exact) mass is 279 g/mol. The summed E-state index contributed by atoms with van der Waals surface area (Å²) >= 11 is 0. The number of carbonyl (C=O) groups excluding carboxylic acids is 1. The van der Waals surface area contributed by atoms with Gasteiger partial charge in [-0.25, -0.2) is 0 Å². The number of aromatic amines is 1. The molecule has 3 N–H and O–H groups in total. The topological polar surface area (TPSA) is 95.1 Å². The van der Waals surface area contributed by atoms with Gasteiger partial charge in [-0.1, -0.05) is 25.7 Å². The number of aryl methyl sites for hydroxylation is 1. The third-order valence-corrected chi connectivity index (χ3v) is 4.11. The number of aliphatic carboxylic acids is 1. The molecule has 0 bridgehead atoms. The average molecular weight is 279 g/mol. The lowest BCUT2D eigenvalue weighted by Crippen LogP contribution is -2.35. The molecule has 0 radical (unpaired) electrons. The molecule has 0 aromatic carbocycles. The lowest BCUT2D eigenvalue weighted by atomic mass is 9.77. The van der Waals surface area contributed by atoms with Crippen LogP contribution in [0, 0.1) is 12.3 Å². The summed E-state index contributed by atoms with van der Waals surface area (Å²) in [4.78, 5) is 23.8. The molecule has 110 valence electrons. The highest BCUT2D eigenvalue weighted by Crippen LogP contribution is 2.38. The second-order valence-electron chi connectivity index (χ2n) is 5.65. The van der Waals surface area contributed by atoms with Crippen LogP contribution in [0.15, 0.2) is 6.20 Å². The largest absolute Gasteiger partial charge is 0.481 e. The number of rotatable bonds is 4. The van der Waals surface area contributed by atoms with Crippen molar-refractivity contribution in [1.29, 1.82) is 0 Å². The van der Waals surface area contributed by atoms with E-state index in [1.54, 1.807) is 6.20 Å². The van der Waals surface area contributed by atoms with E-state index < -0.39 is 11.4 Å². The Morgan fingerprint density at radius 1 is 1.35 bits per heavy atom. The molecule has 1 aromatic rings. The van der Waals surface area contributed by atoms with Gasteiger partial charge in [0, 0.05) is 12.0 Å². The lowest BCUT2D eigenvalue weighted by molar-refractivity contribution is -0.152. The Morgan fingerprint density at radius 3 is 2.50 bits per heavy atom. The number of anilines is 1. The molecule has 6 heteroatoms. The van der Waals surface area contributed by atoms with Gasteiger partial charge in [-0.05, 0) is 19.8 Å². The van der Waals surface area contributed by atoms with Gasteiger partial charge in [-0.3, -0.25) is 14.7 Å². The predicted octanol–water partition coefficient (Wildman–Crippen LogP) is 2.47. The summed E-state index contributed by atoms with van der Waals surface area (Å²) in [5, 5.41) is 18.8. The van der Waals surface area contributed by atoms with E-state index in [9.17, 15) is 14.7 Å². The molecule has 0 atom stereocenters. The van der Waals surface area contributed by atoms with Gasteiger partial charge in [0.05, 0.1) is 11.6 Å². The van der Waals surface area contributed by atoms with Gasteiger partial charge >= 0.3 is 5.97 Å². The van der Waals surface area contributed by atoms with Gasteiger partial charge in [-0.15, -0.1) is 0 Å². The van der Waals surface area contributed by atoms with Crippen LogP contribution in [-0.2, 0) is 9.59 Å². The van der Waals surface area contributed by atoms with Crippen molar-refractivity contribution in [3.05, 3.63) is 11.8 Å². The van der Waals surface area contributed by atoms with Crippen molar-refractivity contribution < 1.29 is 14.7 Å². The minimum Gasteiger partial charge on any atom is -0.481 e. The number of carboxylic acids is 1. The summed E-state index contributed by atoms with van der Waals surface area (Å²) in [6.45, 7) is 1.83. The van der Waals surface area contributed by atoms with Gasteiger partial charge in [0.1, 0.15) is 5.82 Å². The van der Waals surface area contributed by atoms with E-state index in [0.717, 1.165) is 31.2 Å². The van der Waals surface area contributed by atoms with Crippen molar-refractivity contribution in [3.63, 3.8) is 0 Å². The molecule has 1 heterocycles. The van der Waals surface area contributed by atoms with Crippen molar-refractivity contribution in [2.24, 2.45) is 5.41 Å². The molecule has 0 aliphatic heterocycles. The third-order valence-electron chi connectivity index (χ3n) is 4.11. The fourth-order valence-electron chi connectivity index (χ4n) is 2.84. The molecule has 0 unspecified atom stereocenters. The molecule has 0 saturated heterocycles. The highest BCUT2D eigenvalue weighted by atomic mass is 16.4. The van der Waals surface area contributed by atoms with Crippen LogP contribution >= 0.6 is 0 Å². The highest BCUT2D eigenvalue weighted by Gasteiger charge is 2.40. The van der Waals surface area contributed by atoms with Crippen LogP contribution in [0.2, 0.25) is 0 Å². The van der Waals surface area contributed by atoms with E-state index in [4.69, 9.17) is 0 Å². The van der Waals surface area contributed by atoms with Gasteiger partial charge in [0.2, 0.25) is 5.91 Å². The Kier molecular flexibility index (Phi) is 4.42. The first-order chi connectivity index (χ1) is 9.53. The zero-order valence-electron chi connectivity index (χ0n) is 11.7. The minimum atomic E-state index is -0.908. The third kappa shape index (κ3) is 3.18. The zero-order chi connectivity index (χ0) is 14.6. The van der Waals surface area contributed by atoms with E-state index in [-0.39, 0.29) is 12.3 Å². The van der Waals surface area contributed by atoms with Crippen LogP contribution in [0.25, 0.3) is 0 Å². The Balaban J connectivity index is 2.06. The first-order valence-corrected chi connectivity index (χ1v) is 7.07. The quantitative estimate of drug-likeness (QED) is 0.738. The second-order valence-corrected chi connectivity index (χ2v) is 5.65. The molecule has 1 fully saturated rings. The molecule has 20 heavy (non-hydrogen) atoms. The Bertz CT molecular complexity index is 488. The van der Waals surface area contributed by atoms with Gasteiger partial charge in [0.15, 0.2) is 0 Å². The van der Waals surface area contributed by atoms with Crippen molar-refractivity contribution >= 4 is 17.7 Å². The van der Waals surface area contributed by atoms with Crippen LogP contribution in [-0.4, -0.2) is 27.2 Å². The summed E-state index contributed by atoms with van der Waals surface area (Å²) in [5.41, 5.74) is -0.0716. The number of amides is 1. The smallest absolute Gasteiger partial charge is 0.310 e. The Hall–Kier alpha value is -1.85. The number of hydrogen-bond donors (Lipinski definition) is 3. The number of aromatic nitrogens is 2. The molecule has 0 spiro atoms. The predicted molar refractivity (Wildman–Crippen MR) is 74.3 cm³/mol. The van der Waals surface area contributed by atoms with Crippen LogP contribution < -0.4 is 5.32 Å². The summed E-state index contributed by atoms with van der Waals surface area (Å²) in [6.07, 6.45) is 6.67. The summed E-state index contributed by atoms with van der Waals surface area (Å²) in [5.74, 6) is -0.568. The van der Waals surface area contributed by atoms with Crippen molar-refractivity contribution in [1.82, 2.24) is 10.2 Å². The van der Waals surface area contributed by atoms with Crippen LogP contribution in [0.1, 0.15) is 50.5 Å². The van der Waals surface area contributed by atoms with Crippen molar-refractivity contribution in [2.45, 2.75) is 51.9 Å². The molecular formula is C14H21N3O3. The lowest BCUT2D eigenvalue weighted by Gasteiger charge is -2.27. The fraction of sp³-hybridized carbons (Fsp3) is 0.643.